The van der Waals surface area contributed by atoms with Gasteiger partial charge in [-0.05, 0) is 25.0 Å². The Morgan fingerprint density at radius 3 is 2.96 bits per heavy atom. The van der Waals surface area contributed by atoms with Crippen LogP contribution in [0.5, 0.6) is 0 Å². The number of nitrogens with zero attached hydrogens (tertiary/aromatic N) is 4. The molecule has 0 spiro atoms. The number of thiazole rings is 2. The molecular weight excluding hydrogens is 397 g/mol. The molecule has 0 bridgehead atoms. The van der Waals surface area contributed by atoms with Crippen molar-refractivity contribution in [2.24, 2.45) is 0 Å². The maximum atomic E-state index is 13.9. The zero-order valence-electron chi connectivity index (χ0n) is 15.8. The van der Waals surface area contributed by atoms with Crippen LogP contribution in [0.1, 0.15) is 23.2 Å². The molecule has 1 aliphatic rings. The van der Waals surface area contributed by atoms with E-state index in [9.17, 15) is 4.39 Å². The second-order valence-electron chi connectivity index (χ2n) is 6.57. The number of halogens is 1. The van der Waals surface area contributed by atoms with Crippen molar-refractivity contribution in [3.05, 3.63) is 40.0 Å². The SMILES string of the molecule is CCc1nc(C)c(-c2csc(Nc3ccc(CN4CCOCC4F)cn3)n2)s1. The van der Waals surface area contributed by atoms with Gasteiger partial charge in [-0.3, -0.25) is 4.90 Å². The van der Waals surface area contributed by atoms with E-state index in [-0.39, 0.29) is 6.61 Å². The number of aromatic nitrogens is 3. The van der Waals surface area contributed by atoms with Gasteiger partial charge in [0.05, 0.1) is 34.5 Å². The van der Waals surface area contributed by atoms with Gasteiger partial charge < -0.3 is 10.1 Å². The standard InChI is InChI=1S/C19H22FN5OS2/c1-3-17-22-12(2)18(28-17)14-11-27-19(23-14)24-16-5-4-13(8-21-16)9-25-6-7-26-10-15(25)20/h4-5,8,11,15H,3,6-7,9-10H2,1-2H3,(H,21,23,24). The van der Waals surface area contributed by atoms with Crippen LogP contribution in [-0.4, -0.2) is 45.9 Å². The summed E-state index contributed by atoms with van der Waals surface area (Å²) in [6.07, 6.45) is 1.66. The minimum absolute atomic E-state index is 0.137. The Hall–Kier alpha value is -1.94. The van der Waals surface area contributed by atoms with Crippen LogP contribution in [0, 0.1) is 6.92 Å². The van der Waals surface area contributed by atoms with Crippen LogP contribution >= 0.6 is 22.7 Å². The summed E-state index contributed by atoms with van der Waals surface area (Å²) in [7, 11) is 0. The maximum absolute atomic E-state index is 13.9. The molecule has 0 radical (unpaired) electrons. The molecule has 1 saturated heterocycles. The number of rotatable bonds is 6. The Bertz CT molecular complexity index is 927. The molecule has 0 aliphatic carbocycles. The number of hydrogen-bond acceptors (Lipinski definition) is 8. The van der Waals surface area contributed by atoms with Crippen molar-refractivity contribution in [1.29, 1.82) is 0 Å². The zero-order valence-corrected chi connectivity index (χ0v) is 17.4. The van der Waals surface area contributed by atoms with Gasteiger partial charge in [-0.15, -0.1) is 22.7 Å². The summed E-state index contributed by atoms with van der Waals surface area (Å²) in [5.74, 6) is 0.721. The largest absolute Gasteiger partial charge is 0.376 e. The summed E-state index contributed by atoms with van der Waals surface area (Å²) in [5, 5.41) is 7.20. The Morgan fingerprint density at radius 1 is 1.36 bits per heavy atom. The van der Waals surface area contributed by atoms with E-state index >= 15 is 0 Å². The lowest BCUT2D eigenvalue weighted by Crippen LogP contribution is -2.42. The Labute approximate surface area is 171 Å². The van der Waals surface area contributed by atoms with Crippen LogP contribution in [0.2, 0.25) is 0 Å². The number of anilines is 2. The first-order valence-corrected chi connectivity index (χ1v) is 10.9. The molecule has 4 rings (SSSR count). The van der Waals surface area contributed by atoms with Crippen molar-refractivity contribution in [2.45, 2.75) is 33.1 Å². The monoisotopic (exact) mass is 419 g/mol. The summed E-state index contributed by atoms with van der Waals surface area (Å²) in [6.45, 7) is 5.97. The number of hydrogen-bond donors (Lipinski definition) is 1. The van der Waals surface area contributed by atoms with Gasteiger partial charge in [0.2, 0.25) is 0 Å². The van der Waals surface area contributed by atoms with Gasteiger partial charge in [-0.2, -0.15) is 0 Å². The average molecular weight is 420 g/mol. The number of pyridine rings is 1. The molecule has 0 amide bonds. The minimum atomic E-state index is -1.05. The Morgan fingerprint density at radius 2 is 2.25 bits per heavy atom. The van der Waals surface area contributed by atoms with E-state index in [1.165, 1.54) is 0 Å². The molecule has 28 heavy (non-hydrogen) atoms. The summed E-state index contributed by atoms with van der Waals surface area (Å²) in [6, 6.07) is 3.87. The van der Waals surface area contributed by atoms with Crippen LogP contribution < -0.4 is 5.32 Å². The highest BCUT2D eigenvalue weighted by Crippen LogP contribution is 2.33. The van der Waals surface area contributed by atoms with Gasteiger partial charge >= 0.3 is 0 Å². The Balaban J connectivity index is 1.40. The average Bonchev–Trinajstić information content (AvgIpc) is 3.31. The number of morpholine rings is 1. The van der Waals surface area contributed by atoms with Gasteiger partial charge in [0.25, 0.3) is 0 Å². The molecule has 1 fully saturated rings. The number of aryl methyl sites for hydroxylation is 2. The molecule has 3 aromatic rings. The molecule has 148 valence electrons. The van der Waals surface area contributed by atoms with E-state index < -0.39 is 6.30 Å². The van der Waals surface area contributed by atoms with Crippen LogP contribution in [0.25, 0.3) is 10.6 Å². The highest BCUT2D eigenvalue weighted by atomic mass is 32.1. The molecule has 1 aliphatic heterocycles. The fourth-order valence-electron chi connectivity index (χ4n) is 3.00. The molecule has 1 atom stereocenters. The van der Waals surface area contributed by atoms with E-state index in [4.69, 9.17) is 4.74 Å². The van der Waals surface area contributed by atoms with E-state index in [1.807, 2.05) is 24.4 Å². The molecule has 4 heterocycles. The van der Waals surface area contributed by atoms with Gasteiger partial charge in [0, 0.05) is 24.7 Å². The molecule has 0 aromatic carbocycles. The fourth-order valence-corrected chi connectivity index (χ4v) is 4.75. The van der Waals surface area contributed by atoms with Gasteiger partial charge in [0.1, 0.15) is 5.82 Å². The first-order valence-electron chi connectivity index (χ1n) is 9.22. The lowest BCUT2D eigenvalue weighted by Gasteiger charge is -2.30. The quantitative estimate of drug-likeness (QED) is 0.598. The number of nitrogens with one attached hydrogen (secondary N) is 1. The van der Waals surface area contributed by atoms with E-state index in [1.54, 1.807) is 33.8 Å². The zero-order chi connectivity index (χ0) is 19.5. The smallest absolute Gasteiger partial charge is 0.188 e. The number of alkyl halides is 1. The molecule has 9 heteroatoms. The fraction of sp³-hybridized carbons (Fsp3) is 0.421. The van der Waals surface area contributed by atoms with Gasteiger partial charge in [-0.25, -0.2) is 19.3 Å². The minimum Gasteiger partial charge on any atom is -0.376 e. The second-order valence-corrected chi connectivity index (χ2v) is 8.51. The van der Waals surface area contributed by atoms with Crippen molar-refractivity contribution >= 4 is 33.6 Å². The molecule has 6 nitrogen and oxygen atoms in total. The summed E-state index contributed by atoms with van der Waals surface area (Å²) >= 11 is 3.24. The van der Waals surface area contributed by atoms with Crippen molar-refractivity contribution in [2.75, 3.05) is 25.1 Å². The lowest BCUT2D eigenvalue weighted by atomic mass is 10.2. The van der Waals surface area contributed by atoms with Crippen LogP contribution in [0.4, 0.5) is 15.3 Å². The molecule has 0 saturated carbocycles. The predicted molar refractivity (Wildman–Crippen MR) is 111 cm³/mol. The second kappa shape index (κ2) is 8.60. The Kier molecular flexibility index (Phi) is 5.96. The van der Waals surface area contributed by atoms with Crippen LogP contribution in [0.3, 0.4) is 0 Å². The van der Waals surface area contributed by atoms with E-state index in [0.29, 0.717) is 19.7 Å². The van der Waals surface area contributed by atoms with Crippen LogP contribution in [-0.2, 0) is 17.7 Å². The molecule has 1 N–H and O–H groups in total. The maximum Gasteiger partial charge on any atom is 0.188 e. The third kappa shape index (κ3) is 4.38. The van der Waals surface area contributed by atoms with Crippen LogP contribution in [0.15, 0.2) is 23.7 Å². The highest BCUT2D eigenvalue weighted by molar-refractivity contribution is 7.16. The van der Waals surface area contributed by atoms with Crippen molar-refractivity contribution in [3.63, 3.8) is 0 Å². The normalized spacial score (nSPS) is 17.8. The van der Waals surface area contributed by atoms with Crippen molar-refractivity contribution in [1.82, 2.24) is 19.9 Å². The topological polar surface area (TPSA) is 63.2 Å². The first-order chi connectivity index (χ1) is 13.6. The van der Waals surface area contributed by atoms with Gasteiger partial charge in [-0.1, -0.05) is 13.0 Å². The third-order valence-electron chi connectivity index (χ3n) is 4.50. The lowest BCUT2D eigenvalue weighted by molar-refractivity contribution is -0.0668. The molecular formula is C19H22FN5OS2. The summed E-state index contributed by atoms with van der Waals surface area (Å²) in [4.78, 5) is 16.6. The molecule has 1 unspecified atom stereocenters. The molecule has 3 aromatic heterocycles. The third-order valence-corrected chi connectivity index (χ3v) is 6.58. The van der Waals surface area contributed by atoms with E-state index in [2.05, 4.69) is 27.2 Å². The number of ether oxygens (including phenoxy) is 1. The summed E-state index contributed by atoms with van der Waals surface area (Å²) < 4.78 is 19.0. The first kappa shape index (κ1) is 19.4. The predicted octanol–water partition coefficient (Wildman–Crippen LogP) is 4.40. The highest BCUT2D eigenvalue weighted by Gasteiger charge is 2.22. The van der Waals surface area contributed by atoms with Gasteiger partial charge in [0.15, 0.2) is 11.4 Å². The van der Waals surface area contributed by atoms with E-state index in [0.717, 1.165) is 44.2 Å². The summed E-state index contributed by atoms with van der Waals surface area (Å²) in [5.41, 5.74) is 2.94. The van der Waals surface area contributed by atoms with Crippen molar-refractivity contribution < 1.29 is 9.13 Å². The van der Waals surface area contributed by atoms with Crippen molar-refractivity contribution in [3.8, 4) is 10.6 Å².